The third kappa shape index (κ3) is 2.08. The standard InChI is InChI=1S/C9H13F2NO3/c1-15-7(14)8(6(12)13)2-4-9(10,11)5-3-8/h2-5H2,1H3,(H2,12,13). The molecule has 1 aliphatic rings. The van der Waals surface area contributed by atoms with E-state index in [1.807, 2.05) is 0 Å². The minimum Gasteiger partial charge on any atom is -0.468 e. The van der Waals surface area contributed by atoms with Crippen LogP contribution in [0.4, 0.5) is 8.78 Å². The Bertz CT molecular complexity index is 281. The van der Waals surface area contributed by atoms with Crippen molar-refractivity contribution in [3.8, 4) is 0 Å². The van der Waals surface area contributed by atoms with Gasteiger partial charge in [-0.3, -0.25) is 9.59 Å². The van der Waals surface area contributed by atoms with Gasteiger partial charge in [0, 0.05) is 12.8 Å². The van der Waals surface area contributed by atoms with Gasteiger partial charge < -0.3 is 10.5 Å². The molecule has 1 aliphatic carbocycles. The number of hydrogen-bond donors (Lipinski definition) is 1. The lowest BCUT2D eigenvalue weighted by molar-refractivity contribution is -0.165. The largest absolute Gasteiger partial charge is 0.468 e. The lowest BCUT2D eigenvalue weighted by atomic mass is 9.72. The van der Waals surface area contributed by atoms with Crippen molar-refractivity contribution in [3.63, 3.8) is 0 Å². The maximum Gasteiger partial charge on any atom is 0.321 e. The summed E-state index contributed by atoms with van der Waals surface area (Å²) in [5.74, 6) is -4.51. The molecule has 0 aromatic heterocycles. The van der Waals surface area contributed by atoms with E-state index in [-0.39, 0.29) is 12.8 Å². The van der Waals surface area contributed by atoms with Crippen LogP contribution in [-0.2, 0) is 14.3 Å². The van der Waals surface area contributed by atoms with E-state index >= 15 is 0 Å². The first-order valence-corrected chi connectivity index (χ1v) is 4.60. The van der Waals surface area contributed by atoms with Crippen LogP contribution < -0.4 is 5.73 Å². The summed E-state index contributed by atoms with van der Waals surface area (Å²) in [5.41, 5.74) is 3.52. The van der Waals surface area contributed by atoms with Gasteiger partial charge in [-0.25, -0.2) is 8.78 Å². The van der Waals surface area contributed by atoms with Crippen molar-refractivity contribution in [2.45, 2.75) is 31.6 Å². The lowest BCUT2D eigenvalue weighted by Crippen LogP contribution is -2.48. The first-order chi connectivity index (χ1) is 6.84. The van der Waals surface area contributed by atoms with Gasteiger partial charge in [0.2, 0.25) is 11.8 Å². The molecule has 0 saturated heterocycles. The average molecular weight is 221 g/mol. The summed E-state index contributed by atoms with van der Waals surface area (Å²) in [7, 11) is 1.11. The van der Waals surface area contributed by atoms with Crippen LogP contribution in [-0.4, -0.2) is 24.9 Å². The number of hydrogen-bond acceptors (Lipinski definition) is 3. The summed E-state index contributed by atoms with van der Waals surface area (Å²) in [6.45, 7) is 0. The topological polar surface area (TPSA) is 69.4 Å². The zero-order chi connectivity index (χ0) is 11.7. The molecular weight excluding hydrogens is 208 g/mol. The molecule has 0 atom stereocenters. The molecule has 1 rings (SSSR count). The first-order valence-electron chi connectivity index (χ1n) is 4.60. The van der Waals surface area contributed by atoms with E-state index in [1.54, 1.807) is 0 Å². The molecule has 0 heterocycles. The molecule has 0 spiro atoms. The summed E-state index contributed by atoms with van der Waals surface area (Å²) in [6.07, 6.45) is -1.51. The maximum atomic E-state index is 12.9. The van der Waals surface area contributed by atoms with Crippen LogP contribution in [0.25, 0.3) is 0 Å². The molecule has 1 fully saturated rings. The monoisotopic (exact) mass is 221 g/mol. The third-order valence-electron chi connectivity index (χ3n) is 2.88. The molecule has 86 valence electrons. The van der Waals surface area contributed by atoms with E-state index in [4.69, 9.17) is 5.73 Å². The van der Waals surface area contributed by atoms with Gasteiger partial charge in [-0.15, -0.1) is 0 Å². The van der Waals surface area contributed by atoms with E-state index in [1.165, 1.54) is 0 Å². The Labute approximate surface area is 85.8 Å². The molecule has 1 amide bonds. The van der Waals surface area contributed by atoms with Gasteiger partial charge in [-0.05, 0) is 12.8 Å². The van der Waals surface area contributed by atoms with Crippen molar-refractivity contribution in [3.05, 3.63) is 0 Å². The zero-order valence-electron chi connectivity index (χ0n) is 8.39. The summed E-state index contributed by atoms with van der Waals surface area (Å²) in [4.78, 5) is 22.5. The fourth-order valence-corrected chi connectivity index (χ4v) is 1.79. The van der Waals surface area contributed by atoms with Crippen LogP contribution in [0.15, 0.2) is 0 Å². The molecular formula is C9H13F2NO3. The van der Waals surface area contributed by atoms with Crippen LogP contribution in [0.5, 0.6) is 0 Å². The van der Waals surface area contributed by atoms with Gasteiger partial charge in [-0.2, -0.15) is 0 Å². The Morgan fingerprint density at radius 1 is 1.20 bits per heavy atom. The first kappa shape index (κ1) is 11.9. The van der Waals surface area contributed by atoms with Gasteiger partial charge in [-0.1, -0.05) is 0 Å². The van der Waals surface area contributed by atoms with Crippen molar-refractivity contribution in [1.82, 2.24) is 0 Å². The van der Waals surface area contributed by atoms with Gasteiger partial charge in [0.25, 0.3) is 0 Å². The van der Waals surface area contributed by atoms with Gasteiger partial charge in [0.15, 0.2) is 0 Å². The molecule has 0 radical (unpaired) electrons. The Balaban J connectivity index is 2.88. The summed E-state index contributed by atoms with van der Waals surface area (Å²) < 4.78 is 30.2. The Morgan fingerprint density at radius 3 is 2.00 bits per heavy atom. The number of methoxy groups -OCH3 is 1. The predicted octanol–water partition coefficient (Wildman–Crippen LogP) is 0.840. The van der Waals surface area contributed by atoms with Crippen molar-refractivity contribution >= 4 is 11.9 Å². The molecule has 4 nitrogen and oxygen atoms in total. The summed E-state index contributed by atoms with van der Waals surface area (Å²) >= 11 is 0. The van der Waals surface area contributed by atoms with Crippen LogP contribution in [0.3, 0.4) is 0 Å². The number of carbonyl (C=O) groups is 2. The van der Waals surface area contributed by atoms with Crippen LogP contribution in [0.1, 0.15) is 25.7 Å². The summed E-state index contributed by atoms with van der Waals surface area (Å²) in [5, 5.41) is 0. The van der Waals surface area contributed by atoms with Crippen molar-refractivity contribution in [2.24, 2.45) is 11.1 Å². The smallest absolute Gasteiger partial charge is 0.321 e. The zero-order valence-corrected chi connectivity index (χ0v) is 8.39. The fraction of sp³-hybridized carbons (Fsp3) is 0.778. The second-order valence-electron chi connectivity index (χ2n) is 3.79. The van der Waals surface area contributed by atoms with Crippen LogP contribution >= 0.6 is 0 Å². The summed E-state index contributed by atoms with van der Waals surface area (Å²) in [6, 6.07) is 0. The molecule has 0 bridgehead atoms. The van der Waals surface area contributed by atoms with Crippen LogP contribution in [0, 0.1) is 5.41 Å². The molecule has 0 aliphatic heterocycles. The van der Waals surface area contributed by atoms with Crippen molar-refractivity contribution < 1.29 is 23.1 Å². The number of nitrogens with two attached hydrogens (primary N) is 1. The Kier molecular flexibility index (Phi) is 2.97. The van der Waals surface area contributed by atoms with Gasteiger partial charge in [0.05, 0.1) is 7.11 Å². The Morgan fingerprint density at radius 2 is 1.67 bits per heavy atom. The molecule has 1 saturated carbocycles. The minimum atomic E-state index is -2.81. The number of carbonyl (C=O) groups excluding carboxylic acids is 2. The second-order valence-corrected chi connectivity index (χ2v) is 3.79. The average Bonchev–Trinajstić information content (AvgIpc) is 2.17. The SMILES string of the molecule is COC(=O)C1(C(N)=O)CCC(F)(F)CC1. The lowest BCUT2D eigenvalue weighted by Gasteiger charge is -2.34. The molecule has 0 aromatic rings. The predicted molar refractivity (Wildman–Crippen MR) is 47.1 cm³/mol. The second kappa shape index (κ2) is 3.75. The number of ether oxygens (including phenoxy) is 1. The highest BCUT2D eigenvalue weighted by Crippen LogP contribution is 2.44. The Hall–Kier alpha value is -1.20. The van der Waals surface area contributed by atoms with Gasteiger partial charge >= 0.3 is 5.97 Å². The van der Waals surface area contributed by atoms with E-state index in [0.29, 0.717) is 0 Å². The number of alkyl halides is 2. The van der Waals surface area contributed by atoms with Gasteiger partial charge in [0.1, 0.15) is 5.41 Å². The van der Waals surface area contributed by atoms with E-state index < -0.39 is 36.1 Å². The number of esters is 1. The third-order valence-corrected chi connectivity index (χ3v) is 2.88. The number of amides is 1. The number of halogens is 2. The normalized spacial score (nSPS) is 23.1. The number of primary amides is 1. The molecule has 0 unspecified atom stereocenters. The molecule has 0 aromatic carbocycles. The minimum absolute atomic E-state index is 0.248. The van der Waals surface area contributed by atoms with E-state index in [9.17, 15) is 18.4 Å². The highest BCUT2D eigenvalue weighted by molar-refractivity contribution is 6.02. The molecule has 15 heavy (non-hydrogen) atoms. The van der Waals surface area contributed by atoms with Crippen LogP contribution in [0.2, 0.25) is 0 Å². The highest BCUT2D eigenvalue weighted by atomic mass is 19.3. The maximum absolute atomic E-state index is 12.9. The molecule has 6 heteroatoms. The van der Waals surface area contributed by atoms with E-state index in [2.05, 4.69) is 4.74 Å². The van der Waals surface area contributed by atoms with E-state index in [0.717, 1.165) is 7.11 Å². The number of rotatable bonds is 2. The molecule has 2 N–H and O–H groups in total. The quantitative estimate of drug-likeness (QED) is 0.555. The van der Waals surface area contributed by atoms with Crippen molar-refractivity contribution in [1.29, 1.82) is 0 Å². The highest BCUT2D eigenvalue weighted by Gasteiger charge is 2.52. The van der Waals surface area contributed by atoms with Crippen molar-refractivity contribution in [2.75, 3.05) is 7.11 Å². The fourth-order valence-electron chi connectivity index (χ4n) is 1.79.